The Hall–Kier alpha value is -3.20. The zero-order valence-electron chi connectivity index (χ0n) is 21.3. The van der Waals surface area contributed by atoms with Crippen molar-refractivity contribution in [1.82, 2.24) is 20.0 Å². The van der Waals surface area contributed by atoms with E-state index in [1.807, 2.05) is 48.9 Å². The highest BCUT2D eigenvalue weighted by molar-refractivity contribution is 5.83. The number of halogens is 4. The quantitative estimate of drug-likeness (QED) is 0.405. The number of aromatic nitrogens is 2. The molecule has 1 aromatic heterocycles. The van der Waals surface area contributed by atoms with E-state index < -0.39 is 23.6 Å². The van der Waals surface area contributed by atoms with Gasteiger partial charge in [-0.3, -0.25) is 14.4 Å². The number of carbonyl (C=O) groups is 1. The van der Waals surface area contributed by atoms with Crippen molar-refractivity contribution < 1.29 is 22.4 Å². The number of nitrogens with zero attached hydrogens (tertiary/aromatic N) is 3. The number of hydrogen-bond donors (Lipinski definition) is 1. The molecule has 5 nitrogen and oxygen atoms in total. The molecule has 0 radical (unpaired) electrons. The lowest BCUT2D eigenvalue weighted by Gasteiger charge is -2.37. The number of aryl methyl sites for hydroxylation is 3. The number of amides is 1. The molecule has 37 heavy (non-hydrogen) atoms. The van der Waals surface area contributed by atoms with Crippen molar-refractivity contribution in [3.8, 4) is 0 Å². The molecule has 0 saturated heterocycles. The third-order valence-corrected chi connectivity index (χ3v) is 7.16. The van der Waals surface area contributed by atoms with Crippen LogP contribution in [0.25, 0.3) is 0 Å². The first-order valence-corrected chi connectivity index (χ1v) is 12.6. The summed E-state index contributed by atoms with van der Waals surface area (Å²) in [7, 11) is 1.61. The minimum atomic E-state index is -4.60. The van der Waals surface area contributed by atoms with Crippen LogP contribution in [-0.4, -0.2) is 34.2 Å². The van der Waals surface area contributed by atoms with Gasteiger partial charge in [-0.15, -0.1) is 0 Å². The van der Waals surface area contributed by atoms with Gasteiger partial charge in [0.2, 0.25) is 5.91 Å². The zero-order chi connectivity index (χ0) is 26.7. The largest absolute Gasteiger partial charge is 0.416 e. The Morgan fingerprint density at radius 2 is 1.92 bits per heavy atom. The monoisotopic (exact) mass is 516 g/mol. The van der Waals surface area contributed by atoms with Crippen LogP contribution in [0.2, 0.25) is 0 Å². The summed E-state index contributed by atoms with van der Waals surface area (Å²) in [6.07, 6.45) is -2.36. The average molecular weight is 517 g/mol. The lowest BCUT2D eigenvalue weighted by Crippen LogP contribution is -2.41. The lowest BCUT2D eigenvalue weighted by atomic mass is 9.93. The second-order valence-corrected chi connectivity index (χ2v) is 9.39. The second-order valence-electron chi connectivity index (χ2n) is 9.39. The molecule has 1 amide bonds. The maximum absolute atomic E-state index is 14.8. The molecule has 1 aliphatic rings. The SMILES string of the molecule is CCn1nc(C)c2c1CCCN(C(C(=O)NC)c1ccccc1)C2CCc1ccc(C(F)(F)F)cc1F. The Labute approximate surface area is 214 Å². The molecular formula is C28H32F4N4O. The molecule has 3 aromatic rings. The van der Waals surface area contributed by atoms with E-state index in [1.165, 1.54) is 6.07 Å². The minimum absolute atomic E-state index is 0.152. The maximum atomic E-state index is 14.8. The highest BCUT2D eigenvalue weighted by Crippen LogP contribution is 2.40. The molecular weight excluding hydrogens is 484 g/mol. The lowest BCUT2D eigenvalue weighted by molar-refractivity contribution is -0.137. The second kappa shape index (κ2) is 11.0. The first-order chi connectivity index (χ1) is 17.7. The Morgan fingerprint density at radius 1 is 1.19 bits per heavy atom. The van der Waals surface area contributed by atoms with Crippen LogP contribution >= 0.6 is 0 Å². The van der Waals surface area contributed by atoms with Crippen LogP contribution in [0.5, 0.6) is 0 Å². The smallest absolute Gasteiger partial charge is 0.358 e. The van der Waals surface area contributed by atoms with Crippen LogP contribution in [-0.2, 0) is 30.4 Å². The molecule has 2 atom stereocenters. The first kappa shape index (κ1) is 26.9. The summed E-state index contributed by atoms with van der Waals surface area (Å²) < 4.78 is 55.9. The fourth-order valence-corrected chi connectivity index (χ4v) is 5.46. The van der Waals surface area contributed by atoms with E-state index in [2.05, 4.69) is 10.2 Å². The first-order valence-electron chi connectivity index (χ1n) is 12.6. The number of benzene rings is 2. The minimum Gasteiger partial charge on any atom is -0.358 e. The average Bonchev–Trinajstić information content (AvgIpc) is 3.07. The van der Waals surface area contributed by atoms with Gasteiger partial charge in [0.1, 0.15) is 11.9 Å². The van der Waals surface area contributed by atoms with Crippen LogP contribution in [0.3, 0.4) is 0 Å². The van der Waals surface area contributed by atoms with E-state index >= 15 is 0 Å². The molecule has 2 aromatic carbocycles. The van der Waals surface area contributed by atoms with E-state index in [9.17, 15) is 22.4 Å². The van der Waals surface area contributed by atoms with Crippen LogP contribution < -0.4 is 5.32 Å². The van der Waals surface area contributed by atoms with Gasteiger partial charge in [-0.05, 0) is 62.8 Å². The van der Waals surface area contributed by atoms with Crippen LogP contribution in [0.1, 0.15) is 65.5 Å². The molecule has 4 rings (SSSR count). The summed E-state index contributed by atoms with van der Waals surface area (Å²) in [5.74, 6) is -1.02. The number of hydrogen-bond acceptors (Lipinski definition) is 3. The summed E-state index contributed by atoms with van der Waals surface area (Å²) >= 11 is 0. The molecule has 198 valence electrons. The predicted octanol–water partition coefficient (Wildman–Crippen LogP) is 5.78. The van der Waals surface area contributed by atoms with Crippen molar-refractivity contribution in [2.24, 2.45) is 0 Å². The fourth-order valence-electron chi connectivity index (χ4n) is 5.46. The van der Waals surface area contributed by atoms with Gasteiger partial charge < -0.3 is 5.32 Å². The molecule has 1 N–H and O–H groups in total. The van der Waals surface area contributed by atoms with Gasteiger partial charge in [0.05, 0.1) is 11.3 Å². The number of likely N-dealkylation sites (N-methyl/N-ethyl adjacent to an activating group) is 1. The van der Waals surface area contributed by atoms with Crippen molar-refractivity contribution in [3.63, 3.8) is 0 Å². The van der Waals surface area contributed by atoms with E-state index in [1.54, 1.807) is 7.05 Å². The Morgan fingerprint density at radius 3 is 2.54 bits per heavy atom. The van der Waals surface area contributed by atoms with Gasteiger partial charge in [-0.25, -0.2) is 4.39 Å². The van der Waals surface area contributed by atoms with E-state index in [-0.39, 0.29) is 23.9 Å². The van der Waals surface area contributed by atoms with Gasteiger partial charge >= 0.3 is 6.18 Å². The Balaban J connectivity index is 1.76. The molecule has 2 heterocycles. The third kappa shape index (κ3) is 5.56. The summed E-state index contributed by atoms with van der Waals surface area (Å²) in [5.41, 5.74) is 3.04. The van der Waals surface area contributed by atoms with Crippen LogP contribution in [0.4, 0.5) is 17.6 Å². The fraction of sp³-hybridized carbons (Fsp3) is 0.429. The number of fused-ring (bicyclic) bond motifs is 1. The molecule has 0 bridgehead atoms. The maximum Gasteiger partial charge on any atom is 0.416 e. The molecule has 0 aliphatic carbocycles. The van der Waals surface area contributed by atoms with Crippen molar-refractivity contribution in [1.29, 1.82) is 0 Å². The van der Waals surface area contributed by atoms with Gasteiger partial charge in [-0.1, -0.05) is 36.4 Å². The van der Waals surface area contributed by atoms with Crippen molar-refractivity contribution >= 4 is 5.91 Å². The third-order valence-electron chi connectivity index (χ3n) is 7.16. The van der Waals surface area contributed by atoms with Gasteiger partial charge in [0.25, 0.3) is 0 Å². The summed E-state index contributed by atoms with van der Waals surface area (Å²) in [6.45, 7) is 5.30. The van der Waals surface area contributed by atoms with E-state index in [0.717, 1.165) is 41.4 Å². The molecule has 9 heteroatoms. The summed E-state index contributed by atoms with van der Waals surface area (Å²) in [4.78, 5) is 15.4. The number of alkyl halides is 3. The Bertz CT molecular complexity index is 1240. The van der Waals surface area contributed by atoms with Gasteiger partial charge in [0, 0.05) is 37.4 Å². The molecule has 0 fully saturated rings. The van der Waals surface area contributed by atoms with Crippen LogP contribution in [0.15, 0.2) is 48.5 Å². The van der Waals surface area contributed by atoms with E-state index in [0.29, 0.717) is 25.6 Å². The summed E-state index contributed by atoms with van der Waals surface area (Å²) in [6, 6.07) is 11.4. The van der Waals surface area contributed by atoms with Gasteiger partial charge in [0.15, 0.2) is 0 Å². The van der Waals surface area contributed by atoms with Crippen LogP contribution in [0, 0.1) is 12.7 Å². The van der Waals surface area contributed by atoms with Gasteiger partial charge in [-0.2, -0.15) is 18.3 Å². The van der Waals surface area contributed by atoms with Crippen molar-refractivity contribution in [2.45, 2.75) is 64.3 Å². The predicted molar refractivity (Wildman–Crippen MR) is 133 cm³/mol. The number of carbonyl (C=O) groups excluding carboxylic acids is 1. The molecule has 0 spiro atoms. The summed E-state index contributed by atoms with van der Waals surface area (Å²) in [5, 5.41) is 7.53. The molecule has 1 aliphatic heterocycles. The highest BCUT2D eigenvalue weighted by Gasteiger charge is 2.38. The molecule has 2 unspecified atom stereocenters. The zero-order valence-corrected chi connectivity index (χ0v) is 21.3. The highest BCUT2D eigenvalue weighted by atomic mass is 19.4. The molecule has 0 saturated carbocycles. The van der Waals surface area contributed by atoms with E-state index in [4.69, 9.17) is 5.10 Å². The van der Waals surface area contributed by atoms with Crippen molar-refractivity contribution in [2.75, 3.05) is 13.6 Å². The Kier molecular flexibility index (Phi) is 8.02. The van der Waals surface area contributed by atoms with Crippen molar-refractivity contribution in [3.05, 3.63) is 88.0 Å². The normalized spacial score (nSPS) is 17.2. The number of rotatable bonds is 7. The standard InChI is InChI=1S/C28H32F4N4O/c1-4-36-24-11-8-16-35(26(27(37)33-3)20-9-6-5-7-10-20)23(25(24)18(2)34-36)15-13-19-12-14-21(17-22(19)29)28(30,31)32/h5-7,9-10,12,14,17,23,26H,4,8,11,13,15-16H2,1-3H3,(H,33,37). The topological polar surface area (TPSA) is 50.2 Å². The number of nitrogens with one attached hydrogen (secondary N) is 1.